The Hall–Kier alpha value is -4.54. The topological polar surface area (TPSA) is 128 Å². The second-order valence-corrected chi connectivity index (χ2v) is 11.3. The predicted molar refractivity (Wildman–Crippen MR) is 155 cm³/mol. The minimum atomic E-state index is -0.724. The first-order valence-electron chi connectivity index (χ1n) is 14.6. The number of nitrogens with one attached hydrogen (secondary N) is 1. The van der Waals surface area contributed by atoms with Gasteiger partial charge in [0.2, 0.25) is 5.91 Å². The van der Waals surface area contributed by atoms with Crippen LogP contribution in [0.1, 0.15) is 79.0 Å². The molecular formula is C31H32FN7O3. The first-order chi connectivity index (χ1) is 20.4. The Bertz CT molecular complexity index is 1720. The van der Waals surface area contributed by atoms with Gasteiger partial charge in [0.05, 0.1) is 12.2 Å². The van der Waals surface area contributed by atoms with E-state index in [2.05, 4.69) is 15.3 Å². The van der Waals surface area contributed by atoms with Crippen LogP contribution in [-0.2, 0) is 4.79 Å². The van der Waals surface area contributed by atoms with Crippen LogP contribution in [0, 0.1) is 5.82 Å². The molecule has 0 bridgehead atoms. The number of piperidine rings is 1. The average molecular weight is 570 g/mol. The van der Waals surface area contributed by atoms with Gasteiger partial charge in [-0.05, 0) is 74.8 Å². The second-order valence-electron chi connectivity index (χ2n) is 11.3. The zero-order chi connectivity index (χ0) is 29.0. The summed E-state index contributed by atoms with van der Waals surface area (Å²) in [6, 6.07) is 6.74. The highest BCUT2D eigenvalue weighted by Gasteiger charge is 2.38. The molecule has 11 heteroatoms. The fourth-order valence-electron chi connectivity index (χ4n) is 6.40. The van der Waals surface area contributed by atoms with Crippen LogP contribution in [0.3, 0.4) is 0 Å². The van der Waals surface area contributed by atoms with Crippen molar-refractivity contribution in [3.63, 3.8) is 0 Å². The molecule has 3 fully saturated rings. The summed E-state index contributed by atoms with van der Waals surface area (Å²) in [5.41, 5.74) is 8.63. The van der Waals surface area contributed by atoms with Crippen molar-refractivity contribution < 1.29 is 18.7 Å². The molecule has 2 atom stereocenters. The zero-order valence-electron chi connectivity index (χ0n) is 23.3. The van der Waals surface area contributed by atoms with E-state index in [0.717, 1.165) is 43.5 Å². The molecule has 0 spiro atoms. The highest BCUT2D eigenvalue weighted by Crippen LogP contribution is 2.42. The molecule has 5 heterocycles. The van der Waals surface area contributed by atoms with E-state index >= 15 is 4.39 Å². The number of nitrogens with zero attached hydrogens (tertiary/aromatic N) is 5. The molecule has 1 saturated carbocycles. The monoisotopic (exact) mass is 569 g/mol. The van der Waals surface area contributed by atoms with Crippen molar-refractivity contribution in [2.24, 2.45) is 0 Å². The lowest BCUT2D eigenvalue weighted by Gasteiger charge is -2.34. The number of halogens is 1. The molecule has 2 aliphatic heterocycles. The Labute approximate surface area is 242 Å². The lowest BCUT2D eigenvalue weighted by molar-refractivity contribution is -0.130. The van der Waals surface area contributed by atoms with Gasteiger partial charge in [-0.2, -0.15) is 0 Å². The normalized spacial score (nSPS) is 20.1. The van der Waals surface area contributed by atoms with Crippen molar-refractivity contribution in [3.8, 4) is 17.0 Å². The maximum Gasteiger partial charge on any atom is 0.259 e. The maximum atomic E-state index is 15.7. The van der Waals surface area contributed by atoms with Crippen molar-refractivity contribution in [2.45, 2.75) is 63.3 Å². The highest BCUT2D eigenvalue weighted by molar-refractivity contribution is 6.05. The van der Waals surface area contributed by atoms with Gasteiger partial charge < -0.3 is 20.7 Å². The quantitative estimate of drug-likeness (QED) is 0.324. The Morgan fingerprint density at radius 3 is 2.76 bits per heavy atom. The summed E-state index contributed by atoms with van der Waals surface area (Å²) >= 11 is 0. The Balaban J connectivity index is 1.27. The van der Waals surface area contributed by atoms with Crippen molar-refractivity contribution in [2.75, 3.05) is 24.2 Å². The van der Waals surface area contributed by atoms with Crippen molar-refractivity contribution in [1.82, 2.24) is 24.3 Å². The first kappa shape index (κ1) is 26.4. The van der Waals surface area contributed by atoms with Crippen LogP contribution in [0.4, 0.5) is 16.0 Å². The Morgan fingerprint density at radius 1 is 1.12 bits per heavy atom. The Kier molecular flexibility index (Phi) is 6.52. The maximum absolute atomic E-state index is 15.7. The number of aromatic nitrogens is 4. The van der Waals surface area contributed by atoms with E-state index in [-0.39, 0.29) is 35.9 Å². The van der Waals surface area contributed by atoms with Crippen molar-refractivity contribution in [3.05, 3.63) is 65.6 Å². The molecular weight excluding hydrogens is 537 g/mol. The number of fused-ring (bicyclic) bond motifs is 2. The summed E-state index contributed by atoms with van der Waals surface area (Å²) in [6.45, 7) is 2.68. The van der Waals surface area contributed by atoms with Crippen LogP contribution in [-0.4, -0.2) is 55.3 Å². The summed E-state index contributed by atoms with van der Waals surface area (Å²) < 4.78 is 23.5. The van der Waals surface area contributed by atoms with E-state index in [1.165, 1.54) is 12.1 Å². The number of pyridine rings is 1. The van der Waals surface area contributed by atoms with Gasteiger partial charge in [0.15, 0.2) is 0 Å². The van der Waals surface area contributed by atoms with Gasteiger partial charge in [-0.3, -0.25) is 14.0 Å². The molecule has 42 heavy (non-hydrogen) atoms. The van der Waals surface area contributed by atoms with Gasteiger partial charge in [0.1, 0.15) is 40.2 Å². The van der Waals surface area contributed by atoms with Gasteiger partial charge in [0, 0.05) is 49.1 Å². The summed E-state index contributed by atoms with van der Waals surface area (Å²) in [7, 11) is 0. The molecule has 7 rings (SSSR count). The van der Waals surface area contributed by atoms with E-state index in [1.807, 2.05) is 28.4 Å². The van der Waals surface area contributed by atoms with Crippen LogP contribution in [0.2, 0.25) is 0 Å². The number of carbonyl (C=O) groups excluding carboxylic acids is 2. The fourth-order valence-corrected chi connectivity index (χ4v) is 6.40. The lowest BCUT2D eigenvalue weighted by Crippen LogP contribution is -2.41. The number of carbonyl (C=O) groups is 2. The molecule has 2 unspecified atom stereocenters. The predicted octanol–water partition coefficient (Wildman–Crippen LogP) is 4.91. The molecule has 1 aliphatic carbocycles. The van der Waals surface area contributed by atoms with E-state index in [4.69, 9.17) is 15.5 Å². The van der Waals surface area contributed by atoms with E-state index < -0.39 is 11.7 Å². The molecule has 4 aromatic rings. The van der Waals surface area contributed by atoms with Crippen LogP contribution < -0.4 is 15.8 Å². The molecule has 3 aromatic heterocycles. The summed E-state index contributed by atoms with van der Waals surface area (Å²) in [4.78, 5) is 41.2. The molecule has 3 N–H and O–H groups in total. The number of benzene rings is 1. The smallest absolute Gasteiger partial charge is 0.259 e. The summed E-state index contributed by atoms with van der Waals surface area (Å²) in [5, 5.41) is 2.73. The fraction of sp³-hybridized carbons (Fsp3) is 0.387. The van der Waals surface area contributed by atoms with Crippen molar-refractivity contribution >= 4 is 29.0 Å². The summed E-state index contributed by atoms with van der Waals surface area (Å²) in [6.07, 6.45) is 10.5. The molecule has 2 saturated heterocycles. The standard InChI is InChI=1S/C31H32FN7O3/c1-2-42-24-15-21(31(41)36-25-13-18(9-10-34-25)17-3-4-17)23(32)14-22(24)27-28-29(33)35-11-12-38(28)30(37-27)19-5-6-20-7-8-26(40)39(20)16-19/h9-15,17,19-20H,2-8,16H2,1H3,(H2,33,35)(H,34,36,41). The number of amides is 2. The Morgan fingerprint density at radius 2 is 1.95 bits per heavy atom. The molecule has 1 aromatic carbocycles. The van der Waals surface area contributed by atoms with Gasteiger partial charge in [0.25, 0.3) is 5.91 Å². The number of anilines is 2. The van der Waals surface area contributed by atoms with Crippen LogP contribution in [0.5, 0.6) is 5.75 Å². The molecule has 10 nitrogen and oxygen atoms in total. The molecule has 2 amide bonds. The number of nitrogen functional groups attached to an aromatic ring is 1. The number of imidazole rings is 1. The highest BCUT2D eigenvalue weighted by atomic mass is 19.1. The third-order valence-electron chi connectivity index (χ3n) is 8.64. The van der Waals surface area contributed by atoms with E-state index in [0.29, 0.717) is 47.2 Å². The van der Waals surface area contributed by atoms with Gasteiger partial charge in [-0.15, -0.1) is 0 Å². The number of ether oxygens (including phenoxy) is 1. The largest absolute Gasteiger partial charge is 0.493 e. The average Bonchev–Trinajstić information content (AvgIpc) is 3.68. The minimum Gasteiger partial charge on any atom is -0.493 e. The number of nitrogens with two attached hydrogens (primary N) is 1. The van der Waals surface area contributed by atoms with Crippen LogP contribution >= 0.6 is 0 Å². The number of hydrogen-bond acceptors (Lipinski definition) is 7. The van der Waals surface area contributed by atoms with Gasteiger partial charge >= 0.3 is 0 Å². The molecule has 0 radical (unpaired) electrons. The summed E-state index contributed by atoms with van der Waals surface area (Å²) in [5.74, 6) is 0.958. The number of hydrogen-bond donors (Lipinski definition) is 2. The van der Waals surface area contributed by atoms with Gasteiger partial charge in [-0.1, -0.05) is 0 Å². The van der Waals surface area contributed by atoms with Crippen LogP contribution in [0.25, 0.3) is 16.8 Å². The molecule has 216 valence electrons. The molecule has 3 aliphatic rings. The third kappa shape index (κ3) is 4.62. The lowest BCUT2D eigenvalue weighted by atomic mass is 9.92. The third-order valence-corrected chi connectivity index (χ3v) is 8.64. The van der Waals surface area contributed by atoms with Crippen LogP contribution in [0.15, 0.2) is 42.9 Å². The minimum absolute atomic E-state index is 0.0179. The number of rotatable bonds is 7. The first-order valence-corrected chi connectivity index (χ1v) is 14.6. The van der Waals surface area contributed by atoms with E-state index in [1.54, 1.807) is 18.6 Å². The zero-order valence-corrected chi connectivity index (χ0v) is 23.3. The SMILES string of the molecule is CCOc1cc(C(=O)Nc2cc(C3CC3)ccn2)c(F)cc1-c1nc(C2CCC3CCC(=O)N3C2)n2ccnc(N)c12. The van der Waals surface area contributed by atoms with Gasteiger partial charge in [-0.25, -0.2) is 19.3 Å². The van der Waals surface area contributed by atoms with E-state index in [9.17, 15) is 9.59 Å². The second kappa shape index (κ2) is 10.4. The van der Waals surface area contributed by atoms with Crippen molar-refractivity contribution in [1.29, 1.82) is 0 Å².